The van der Waals surface area contributed by atoms with Gasteiger partial charge in [0.05, 0.1) is 18.1 Å². The van der Waals surface area contributed by atoms with E-state index in [-0.39, 0.29) is 55.2 Å². The molecule has 3 N–H and O–H groups in total. The molecule has 1 aliphatic heterocycles. The van der Waals surface area contributed by atoms with Crippen LogP contribution in [0.1, 0.15) is 64.5 Å². The third-order valence-electron chi connectivity index (χ3n) is 5.73. The summed E-state index contributed by atoms with van der Waals surface area (Å²) in [7, 11) is 1.48. The molecule has 2 heterocycles. The summed E-state index contributed by atoms with van der Waals surface area (Å²) >= 11 is 0. The minimum absolute atomic E-state index is 0.00920. The van der Waals surface area contributed by atoms with Crippen molar-refractivity contribution in [3.8, 4) is 0 Å². The number of nitrogens with zero attached hydrogens (tertiary/aromatic N) is 1. The molecule has 11 nitrogen and oxygen atoms in total. The highest BCUT2D eigenvalue weighted by molar-refractivity contribution is 5.81. The zero-order valence-electron chi connectivity index (χ0n) is 19.6. The van der Waals surface area contributed by atoms with Gasteiger partial charge in [-0.3, -0.25) is 28.7 Å². The quantitative estimate of drug-likeness (QED) is 0.399. The molecule has 0 spiro atoms. The maximum Gasteiger partial charge on any atom is 0.328 e. The molecule has 2 amide bonds. The highest BCUT2D eigenvalue weighted by atomic mass is 16.6. The number of aryl methyl sites for hydroxylation is 1. The Bertz CT molecular complexity index is 955. The van der Waals surface area contributed by atoms with E-state index in [1.54, 1.807) is 0 Å². The summed E-state index contributed by atoms with van der Waals surface area (Å²) in [5.74, 6) is -1.25. The summed E-state index contributed by atoms with van der Waals surface area (Å²) in [6.45, 7) is 6.35. The maximum atomic E-state index is 12.6. The molecule has 1 saturated heterocycles. The Kier molecular flexibility index (Phi) is 9.83. The van der Waals surface area contributed by atoms with Crippen LogP contribution in [0.15, 0.2) is 15.8 Å². The van der Waals surface area contributed by atoms with Gasteiger partial charge in [0.25, 0.3) is 5.56 Å². The first-order valence-electron chi connectivity index (χ1n) is 11.4. The first-order chi connectivity index (χ1) is 15.7. The maximum absolute atomic E-state index is 12.6. The predicted molar refractivity (Wildman–Crippen MR) is 119 cm³/mol. The van der Waals surface area contributed by atoms with Crippen molar-refractivity contribution in [3.63, 3.8) is 0 Å². The highest BCUT2D eigenvalue weighted by Crippen LogP contribution is 2.39. The number of nitrogens with one attached hydrogen (secondary N) is 3. The molecule has 2 rings (SSSR count). The van der Waals surface area contributed by atoms with Gasteiger partial charge in [-0.15, -0.1) is 0 Å². The van der Waals surface area contributed by atoms with Crippen molar-refractivity contribution in [1.82, 2.24) is 20.2 Å². The van der Waals surface area contributed by atoms with Crippen molar-refractivity contribution in [2.45, 2.75) is 77.7 Å². The molecule has 0 bridgehead atoms. The van der Waals surface area contributed by atoms with E-state index in [4.69, 9.17) is 9.47 Å². The van der Waals surface area contributed by atoms with Crippen LogP contribution in [0.3, 0.4) is 0 Å². The minimum atomic E-state index is -0.876. The topological polar surface area (TPSA) is 149 Å². The van der Waals surface area contributed by atoms with Crippen molar-refractivity contribution in [3.05, 3.63) is 32.6 Å². The molecular weight excluding hydrogens is 432 g/mol. The van der Waals surface area contributed by atoms with Gasteiger partial charge in [0, 0.05) is 45.1 Å². The fraction of sp³-hybridized carbons (Fsp3) is 0.682. The number of carbonyl (C=O) groups is 3. The molecular formula is C22H34N4O7. The van der Waals surface area contributed by atoms with E-state index < -0.39 is 29.4 Å². The van der Waals surface area contributed by atoms with Crippen molar-refractivity contribution in [2.24, 2.45) is 5.92 Å². The van der Waals surface area contributed by atoms with Gasteiger partial charge in [0.2, 0.25) is 11.8 Å². The number of esters is 1. The molecule has 0 saturated carbocycles. The normalized spacial score (nSPS) is 22.1. The van der Waals surface area contributed by atoms with Crippen LogP contribution in [0, 0.1) is 5.92 Å². The number of ether oxygens (including phenoxy) is 2. The van der Waals surface area contributed by atoms with E-state index >= 15 is 0 Å². The fourth-order valence-corrected chi connectivity index (χ4v) is 3.79. The molecule has 0 aliphatic carbocycles. The zero-order chi connectivity index (χ0) is 24.5. The first kappa shape index (κ1) is 26.3. The lowest BCUT2D eigenvalue weighted by molar-refractivity contribution is -0.154. The Morgan fingerprint density at radius 3 is 2.52 bits per heavy atom. The second-order valence-corrected chi connectivity index (χ2v) is 8.13. The summed E-state index contributed by atoms with van der Waals surface area (Å²) in [5.41, 5.74) is -1.12. The number of H-pyrrole nitrogens is 1. The lowest BCUT2D eigenvalue weighted by Crippen LogP contribution is -2.37. The molecule has 1 fully saturated rings. The molecule has 11 heteroatoms. The van der Waals surface area contributed by atoms with Gasteiger partial charge in [-0.25, -0.2) is 4.79 Å². The monoisotopic (exact) mass is 466 g/mol. The predicted octanol–water partition coefficient (Wildman–Crippen LogP) is 0.377. The fourth-order valence-electron chi connectivity index (χ4n) is 3.79. The number of rotatable bonds is 11. The largest absolute Gasteiger partial charge is 0.459 e. The summed E-state index contributed by atoms with van der Waals surface area (Å²) in [6, 6.07) is 0. The second-order valence-electron chi connectivity index (χ2n) is 8.13. The van der Waals surface area contributed by atoms with Crippen molar-refractivity contribution in [2.75, 3.05) is 13.6 Å². The highest BCUT2D eigenvalue weighted by Gasteiger charge is 2.45. The molecule has 184 valence electrons. The summed E-state index contributed by atoms with van der Waals surface area (Å²) in [4.78, 5) is 62.9. The van der Waals surface area contributed by atoms with Crippen LogP contribution >= 0.6 is 0 Å². The van der Waals surface area contributed by atoms with E-state index in [1.165, 1.54) is 17.8 Å². The van der Waals surface area contributed by atoms with Gasteiger partial charge in [0.1, 0.15) is 12.2 Å². The van der Waals surface area contributed by atoms with Crippen LogP contribution < -0.4 is 21.9 Å². The molecule has 0 radical (unpaired) electrons. The van der Waals surface area contributed by atoms with Crippen molar-refractivity contribution in [1.29, 1.82) is 0 Å². The van der Waals surface area contributed by atoms with E-state index in [9.17, 15) is 24.0 Å². The van der Waals surface area contributed by atoms with Crippen LogP contribution in [-0.4, -0.2) is 53.1 Å². The molecule has 1 aromatic heterocycles. The Balaban J connectivity index is 2.24. The van der Waals surface area contributed by atoms with Gasteiger partial charge >= 0.3 is 11.7 Å². The van der Waals surface area contributed by atoms with Crippen LogP contribution in [0.5, 0.6) is 0 Å². The number of aromatic amines is 1. The Hall–Kier alpha value is -2.95. The zero-order valence-corrected chi connectivity index (χ0v) is 19.6. The number of hydrogen-bond acceptors (Lipinski definition) is 7. The SMILES string of the molecule is CCCNC(=O)CCn1cc([C@@H]2O[C@H](CC)C(C)[C@@H]2OC(=O)CCC(=O)NC)c(=O)[nH]c1=O. The van der Waals surface area contributed by atoms with Crippen LogP contribution in [-0.2, 0) is 30.4 Å². The summed E-state index contributed by atoms with van der Waals surface area (Å²) in [5, 5.41) is 5.18. The number of amides is 2. The first-order valence-corrected chi connectivity index (χ1v) is 11.4. The molecule has 1 aliphatic rings. The molecule has 1 aromatic rings. The van der Waals surface area contributed by atoms with Gasteiger partial charge in [-0.05, 0) is 12.8 Å². The van der Waals surface area contributed by atoms with Crippen molar-refractivity contribution >= 4 is 17.8 Å². The van der Waals surface area contributed by atoms with E-state index in [1.807, 2.05) is 20.8 Å². The average molecular weight is 467 g/mol. The second kappa shape index (κ2) is 12.3. The molecule has 4 atom stereocenters. The van der Waals surface area contributed by atoms with Crippen molar-refractivity contribution < 1.29 is 23.9 Å². The minimum Gasteiger partial charge on any atom is -0.459 e. The van der Waals surface area contributed by atoms with E-state index in [2.05, 4.69) is 15.6 Å². The lowest BCUT2D eigenvalue weighted by atomic mass is 9.94. The Labute approximate surface area is 192 Å². The van der Waals surface area contributed by atoms with Gasteiger partial charge in [0.15, 0.2) is 0 Å². The Morgan fingerprint density at radius 1 is 1.15 bits per heavy atom. The molecule has 1 unspecified atom stereocenters. The van der Waals surface area contributed by atoms with Crippen LogP contribution in [0.25, 0.3) is 0 Å². The third-order valence-corrected chi connectivity index (χ3v) is 5.73. The molecule has 33 heavy (non-hydrogen) atoms. The van der Waals surface area contributed by atoms with Gasteiger partial charge in [-0.2, -0.15) is 0 Å². The summed E-state index contributed by atoms with van der Waals surface area (Å²) in [6.07, 6.45) is 0.876. The van der Waals surface area contributed by atoms with Gasteiger partial charge < -0.3 is 20.1 Å². The molecule has 0 aromatic carbocycles. The van der Waals surface area contributed by atoms with Crippen LogP contribution in [0.4, 0.5) is 0 Å². The Morgan fingerprint density at radius 2 is 1.88 bits per heavy atom. The lowest BCUT2D eigenvalue weighted by Gasteiger charge is -2.22. The van der Waals surface area contributed by atoms with E-state index in [0.717, 1.165) is 6.42 Å². The standard InChI is InChI=1S/C22H34N4O7/c1-5-10-24-17(28)9-11-26-12-14(21(30)25-22(26)31)20-19(13(3)15(6-2)32-20)33-18(29)8-7-16(27)23-4/h12-13,15,19-20H,5-11H2,1-4H3,(H,23,27)(H,24,28)(H,25,30,31)/t13?,15-,19+,20+/m1/s1. The number of hydrogen-bond donors (Lipinski definition) is 3. The average Bonchev–Trinajstić information content (AvgIpc) is 3.10. The van der Waals surface area contributed by atoms with E-state index in [0.29, 0.717) is 13.0 Å². The number of aromatic nitrogens is 2. The summed E-state index contributed by atoms with van der Waals surface area (Å²) < 4.78 is 12.9. The van der Waals surface area contributed by atoms with Crippen LogP contribution in [0.2, 0.25) is 0 Å². The number of carbonyl (C=O) groups excluding carboxylic acids is 3. The smallest absolute Gasteiger partial charge is 0.328 e. The third kappa shape index (κ3) is 7.01. The van der Waals surface area contributed by atoms with Gasteiger partial charge in [-0.1, -0.05) is 20.8 Å².